The van der Waals surface area contributed by atoms with Gasteiger partial charge in [-0.2, -0.15) is 0 Å². The maximum absolute atomic E-state index is 13.6. The van der Waals surface area contributed by atoms with Gasteiger partial charge in [-0.3, -0.25) is 0 Å². The van der Waals surface area contributed by atoms with Gasteiger partial charge in [-0.25, -0.2) is 4.39 Å². The Labute approximate surface area is 94.3 Å². The number of benzene rings is 1. The Hall–Kier alpha value is -1.13. The summed E-state index contributed by atoms with van der Waals surface area (Å²) in [6.45, 7) is 0.422. The second-order valence-electron chi connectivity index (χ2n) is 4.23. The van der Waals surface area contributed by atoms with Gasteiger partial charge in [0.1, 0.15) is 0 Å². The maximum atomic E-state index is 13.6. The highest BCUT2D eigenvalue weighted by Gasteiger charge is 2.42. The molecule has 2 N–H and O–H groups in total. The van der Waals surface area contributed by atoms with E-state index in [1.54, 1.807) is 13.2 Å². The van der Waals surface area contributed by atoms with Crippen molar-refractivity contribution in [3.63, 3.8) is 0 Å². The minimum absolute atomic E-state index is 0.236. The molecule has 88 valence electrons. The molecule has 0 saturated heterocycles. The van der Waals surface area contributed by atoms with Gasteiger partial charge in [0.15, 0.2) is 11.6 Å². The molecule has 1 aromatic carbocycles. The summed E-state index contributed by atoms with van der Waals surface area (Å²) in [5.74, 6) is -0.130. The summed E-state index contributed by atoms with van der Waals surface area (Å²) in [6, 6.07) is 3.14. The van der Waals surface area contributed by atoms with E-state index in [0.717, 1.165) is 24.0 Å². The molecule has 1 aliphatic rings. The Morgan fingerprint density at radius 3 is 2.56 bits per heavy atom. The van der Waals surface area contributed by atoms with Crippen molar-refractivity contribution in [1.29, 1.82) is 0 Å². The van der Waals surface area contributed by atoms with E-state index in [9.17, 15) is 4.39 Å². The lowest BCUT2D eigenvalue weighted by atomic mass is 9.98. The number of rotatable bonds is 4. The van der Waals surface area contributed by atoms with Crippen molar-refractivity contribution >= 4 is 0 Å². The molecule has 2 rings (SSSR count). The molecule has 16 heavy (non-hydrogen) atoms. The van der Waals surface area contributed by atoms with Gasteiger partial charge in [0, 0.05) is 12.6 Å². The first-order chi connectivity index (χ1) is 7.60. The number of hydrogen-bond acceptors (Lipinski definition) is 3. The van der Waals surface area contributed by atoms with E-state index in [-0.39, 0.29) is 17.1 Å². The van der Waals surface area contributed by atoms with Crippen LogP contribution in [0.1, 0.15) is 24.0 Å². The fourth-order valence-corrected chi connectivity index (χ4v) is 1.89. The Bertz CT molecular complexity index is 402. The molecule has 0 spiro atoms. The lowest BCUT2D eigenvalue weighted by Gasteiger charge is -2.16. The average molecular weight is 225 g/mol. The molecule has 1 saturated carbocycles. The zero-order valence-electron chi connectivity index (χ0n) is 9.55. The van der Waals surface area contributed by atoms with Gasteiger partial charge in [-0.15, -0.1) is 0 Å². The Morgan fingerprint density at radius 2 is 2.06 bits per heavy atom. The highest BCUT2D eigenvalue weighted by Crippen LogP contribution is 2.45. The molecule has 0 atom stereocenters. The minimum Gasteiger partial charge on any atom is -0.494 e. The van der Waals surface area contributed by atoms with E-state index in [1.807, 2.05) is 0 Å². The molecule has 0 aliphatic heterocycles. The molecule has 0 heterocycles. The van der Waals surface area contributed by atoms with Crippen molar-refractivity contribution in [1.82, 2.24) is 0 Å². The highest BCUT2D eigenvalue weighted by atomic mass is 19.1. The summed E-state index contributed by atoms with van der Waals surface area (Å²) in [6.07, 6.45) is 1.80. The average Bonchev–Trinajstić information content (AvgIpc) is 3.00. The number of nitrogens with two attached hydrogens (primary N) is 1. The van der Waals surface area contributed by atoms with Gasteiger partial charge in [0.05, 0.1) is 13.7 Å². The summed E-state index contributed by atoms with van der Waals surface area (Å²) in [7, 11) is 3.06. The van der Waals surface area contributed by atoms with Crippen LogP contribution in [0.3, 0.4) is 0 Å². The van der Waals surface area contributed by atoms with Crippen molar-refractivity contribution in [2.75, 3.05) is 14.2 Å². The second-order valence-corrected chi connectivity index (χ2v) is 4.23. The van der Waals surface area contributed by atoms with E-state index < -0.39 is 0 Å². The van der Waals surface area contributed by atoms with Gasteiger partial charge in [0.2, 0.25) is 0 Å². The van der Waals surface area contributed by atoms with Gasteiger partial charge in [-0.05, 0) is 36.1 Å². The smallest absolute Gasteiger partial charge is 0.165 e. The molecule has 3 nitrogen and oxygen atoms in total. The quantitative estimate of drug-likeness (QED) is 0.851. The number of methoxy groups -OCH3 is 2. The second kappa shape index (κ2) is 4.03. The molecule has 1 aromatic rings. The van der Waals surface area contributed by atoms with Crippen molar-refractivity contribution < 1.29 is 13.9 Å². The molecule has 0 radical (unpaired) electrons. The van der Waals surface area contributed by atoms with E-state index >= 15 is 0 Å². The standard InChI is InChI=1S/C12H16FNO2/c1-15-7-8-5-11(16-2)10(13)6-9(8)12(14)3-4-12/h5-6H,3-4,7,14H2,1-2H3. The van der Waals surface area contributed by atoms with Gasteiger partial charge >= 0.3 is 0 Å². The Balaban J connectivity index is 2.45. The normalized spacial score (nSPS) is 17.2. The molecular formula is C12H16FNO2. The fourth-order valence-electron chi connectivity index (χ4n) is 1.89. The van der Waals surface area contributed by atoms with Crippen LogP contribution in [0.25, 0.3) is 0 Å². The Morgan fingerprint density at radius 1 is 1.38 bits per heavy atom. The van der Waals surface area contributed by atoms with Crippen LogP contribution in [0.4, 0.5) is 4.39 Å². The molecule has 1 fully saturated rings. The number of ether oxygens (including phenoxy) is 2. The van der Waals surface area contributed by atoms with Crippen LogP contribution >= 0.6 is 0 Å². The Kier molecular flexibility index (Phi) is 2.86. The molecule has 0 aromatic heterocycles. The first kappa shape index (κ1) is 11.4. The van der Waals surface area contributed by atoms with E-state index in [4.69, 9.17) is 15.2 Å². The van der Waals surface area contributed by atoms with Crippen LogP contribution in [0.5, 0.6) is 5.75 Å². The predicted molar refractivity (Wildman–Crippen MR) is 58.8 cm³/mol. The van der Waals surface area contributed by atoms with Crippen LogP contribution in [-0.4, -0.2) is 14.2 Å². The third-order valence-electron chi connectivity index (χ3n) is 3.00. The fraction of sp³-hybridized carbons (Fsp3) is 0.500. The third kappa shape index (κ3) is 1.90. The SMILES string of the molecule is COCc1cc(OC)c(F)cc1C1(N)CC1. The molecule has 0 unspecified atom stereocenters. The lowest BCUT2D eigenvalue weighted by Crippen LogP contribution is -2.21. The third-order valence-corrected chi connectivity index (χ3v) is 3.00. The first-order valence-corrected chi connectivity index (χ1v) is 5.25. The summed E-state index contributed by atoms with van der Waals surface area (Å²) in [4.78, 5) is 0. The van der Waals surface area contributed by atoms with E-state index in [0.29, 0.717) is 6.61 Å². The van der Waals surface area contributed by atoms with Crippen LogP contribution in [0.2, 0.25) is 0 Å². The predicted octanol–water partition coefficient (Wildman–Crippen LogP) is 1.93. The highest BCUT2D eigenvalue weighted by molar-refractivity contribution is 5.43. The molecule has 0 amide bonds. The zero-order valence-corrected chi connectivity index (χ0v) is 9.55. The van der Waals surface area contributed by atoms with Gasteiger partial charge in [-0.1, -0.05) is 0 Å². The molecule has 1 aliphatic carbocycles. The van der Waals surface area contributed by atoms with Crippen molar-refractivity contribution in [2.24, 2.45) is 5.73 Å². The summed E-state index contributed by atoms with van der Waals surface area (Å²) in [5, 5.41) is 0. The van der Waals surface area contributed by atoms with Gasteiger partial charge < -0.3 is 15.2 Å². The molecular weight excluding hydrogens is 209 g/mol. The monoisotopic (exact) mass is 225 g/mol. The largest absolute Gasteiger partial charge is 0.494 e. The van der Waals surface area contributed by atoms with Crippen molar-refractivity contribution in [2.45, 2.75) is 25.0 Å². The lowest BCUT2D eigenvalue weighted by molar-refractivity contribution is 0.183. The van der Waals surface area contributed by atoms with Crippen LogP contribution in [0, 0.1) is 5.82 Å². The number of halogens is 1. The van der Waals surface area contributed by atoms with Crippen LogP contribution < -0.4 is 10.5 Å². The van der Waals surface area contributed by atoms with Crippen LogP contribution in [-0.2, 0) is 16.9 Å². The first-order valence-electron chi connectivity index (χ1n) is 5.25. The molecule has 0 bridgehead atoms. The van der Waals surface area contributed by atoms with E-state index in [2.05, 4.69) is 0 Å². The maximum Gasteiger partial charge on any atom is 0.165 e. The topological polar surface area (TPSA) is 44.5 Å². The summed E-state index contributed by atoms with van der Waals surface area (Å²) in [5.41, 5.74) is 7.48. The zero-order chi connectivity index (χ0) is 11.8. The minimum atomic E-state index is -0.367. The van der Waals surface area contributed by atoms with Crippen molar-refractivity contribution in [3.05, 3.63) is 29.1 Å². The molecule has 4 heteroatoms. The summed E-state index contributed by atoms with van der Waals surface area (Å²) < 4.78 is 23.7. The number of hydrogen-bond donors (Lipinski definition) is 1. The van der Waals surface area contributed by atoms with Crippen LogP contribution in [0.15, 0.2) is 12.1 Å². The summed E-state index contributed by atoms with van der Waals surface area (Å²) >= 11 is 0. The van der Waals surface area contributed by atoms with Gasteiger partial charge in [0.25, 0.3) is 0 Å². The van der Waals surface area contributed by atoms with E-state index in [1.165, 1.54) is 13.2 Å². The van der Waals surface area contributed by atoms with Crippen molar-refractivity contribution in [3.8, 4) is 5.75 Å².